The Morgan fingerprint density at radius 2 is 1.92 bits per heavy atom. The summed E-state index contributed by atoms with van der Waals surface area (Å²) in [5, 5.41) is 6.42. The number of nitrogens with zero attached hydrogens (tertiary/aromatic N) is 2. The third-order valence-electron chi connectivity index (χ3n) is 4.76. The molecular formula is C20H32N4O2. The second kappa shape index (κ2) is 10.7. The molecular weight excluding hydrogens is 328 g/mol. The van der Waals surface area contributed by atoms with Gasteiger partial charge in [-0.1, -0.05) is 31.4 Å². The Bertz CT molecular complexity index is 580. The van der Waals surface area contributed by atoms with Crippen molar-refractivity contribution in [3.63, 3.8) is 0 Å². The first-order valence-electron chi connectivity index (χ1n) is 9.46. The second-order valence-corrected chi connectivity index (χ2v) is 6.83. The molecule has 0 aliphatic heterocycles. The molecule has 1 aliphatic carbocycles. The minimum Gasteiger partial charge on any atom is -0.497 e. The number of carbonyl (C=O) groups excluding carboxylic acids is 1. The zero-order valence-electron chi connectivity index (χ0n) is 16.3. The molecule has 26 heavy (non-hydrogen) atoms. The molecule has 2 N–H and O–H groups in total. The van der Waals surface area contributed by atoms with Crippen molar-refractivity contribution in [2.45, 2.75) is 51.1 Å². The molecule has 0 atom stereocenters. The van der Waals surface area contributed by atoms with Crippen molar-refractivity contribution in [2.24, 2.45) is 4.99 Å². The van der Waals surface area contributed by atoms with Gasteiger partial charge in [-0.25, -0.2) is 0 Å². The van der Waals surface area contributed by atoms with Crippen LogP contribution >= 0.6 is 0 Å². The third-order valence-corrected chi connectivity index (χ3v) is 4.76. The van der Waals surface area contributed by atoms with Crippen LogP contribution in [0.3, 0.4) is 0 Å². The maximum atomic E-state index is 12.1. The lowest BCUT2D eigenvalue weighted by atomic mass is 9.95. The van der Waals surface area contributed by atoms with Crippen molar-refractivity contribution in [3.05, 3.63) is 29.8 Å². The van der Waals surface area contributed by atoms with Crippen molar-refractivity contribution < 1.29 is 9.53 Å². The fraction of sp³-hybridized carbons (Fsp3) is 0.600. The molecule has 1 aliphatic rings. The van der Waals surface area contributed by atoms with Gasteiger partial charge in [-0.2, -0.15) is 0 Å². The van der Waals surface area contributed by atoms with Gasteiger partial charge in [-0.15, -0.1) is 0 Å². The lowest BCUT2D eigenvalue weighted by Gasteiger charge is -2.24. The Kier molecular flexibility index (Phi) is 8.25. The standard InChI is InChI=1S/C20H32N4O2/c1-21-20(24(2)15-16-9-11-18(26-3)12-10-16)22-14-13-19(25)23-17-7-5-4-6-8-17/h9-12,17H,4-8,13-15H2,1-3H3,(H,21,22)(H,23,25). The van der Waals surface area contributed by atoms with Crippen LogP contribution in [0.2, 0.25) is 0 Å². The van der Waals surface area contributed by atoms with Crippen molar-refractivity contribution in [1.82, 2.24) is 15.5 Å². The number of hydrogen-bond donors (Lipinski definition) is 2. The van der Waals surface area contributed by atoms with Crippen LogP contribution in [-0.4, -0.2) is 50.6 Å². The van der Waals surface area contributed by atoms with Crippen LogP contribution in [-0.2, 0) is 11.3 Å². The van der Waals surface area contributed by atoms with E-state index < -0.39 is 0 Å². The van der Waals surface area contributed by atoms with E-state index >= 15 is 0 Å². The summed E-state index contributed by atoms with van der Waals surface area (Å²) in [7, 11) is 5.41. The summed E-state index contributed by atoms with van der Waals surface area (Å²) in [4.78, 5) is 18.4. The maximum absolute atomic E-state index is 12.1. The van der Waals surface area contributed by atoms with E-state index in [4.69, 9.17) is 4.74 Å². The van der Waals surface area contributed by atoms with E-state index in [9.17, 15) is 4.79 Å². The highest BCUT2D eigenvalue weighted by Crippen LogP contribution is 2.17. The van der Waals surface area contributed by atoms with Gasteiger partial charge in [0.2, 0.25) is 5.91 Å². The van der Waals surface area contributed by atoms with Crippen LogP contribution < -0.4 is 15.4 Å². The molecule has 2 rings (SSSR count). The molecule has 0 saturated heterocycles. The molecule has 0 spiro atoms. The average molecular weight is 361 g/mol. The first-order chi connectivity index (χ1) is 12.6. The quantitative estimate of drug-likeness (QED) is 0.579. The molecule has 1 aromatic carbocycles. The van der Waals surface area contributed by atoms with E-state index in [1.165, 1.54) is 24.8 Å². The Balaban J connectivity index is 1.72. The van der Waals surface area contributed by atoms with Gasteiger partial charge in [-0.3, -0.25) is 9.79 Å². The molecule has 0 bridgehead atoms. The number of nitrogens with one attached hydrogen (secondary N) is 2. The second-order valence-electron chi connectivity index (χ2n) is 6.83. The van der Waals surface area contributed by atoms with E-state index in [2.05, 4.69) is 15.6 Å². The number of aliphatic imine (C=N–C) groups is 1. The summed E-state index contributed by atoms with van der Waals surface area (Å²) < 4.78 is 5.19. The Hall–Kier alpha value is -2.24. The zero-order chi connectivity index (χ0) is 18.8. The van der Waals surface area contributed by atoms with Crippen LogP contribution in [0.15, 0.2) is 29.3 Å². The van der Waals surface area contributed by atoms with Gasteiger partial charge >= 0.3 is 0 Å². The summed E-state index contributed by atoms with van der Waals surface area (Å²) in [6.07, 6.45) is 6.45. The van der Waals surface area contributed by atoms with E-state index in [-0.39, 0.29) is 5.91 Å². The maximum Gasteiger partial charge on any atom is 0.221 e. The Labute approximate surface area is 157 Å². The summed E-state index contributed by atoms with van der Waals surface area (Å²) in [5.74, 6) is 1.76. The van der Waals surface area contributed by atoms with Crippen LogP contribution in [0.1, 0.15) is 44.1 Å². The molecule has 0 unspecified atom stereocenters. The topological polar surface area (TPSA) is 66.0 Å². The molecule has 0 radical (unpaired) electrons. The zero-order valence-corrected chi connectivity index (χ0v) is 16.3. The van der Waals surface area contributed by atoms with Gasteiger partial charge in [0.15, 0.2) is 5.96 Å². The largest absolute Gasteiger partial charge is 0.497 e. The Morgan fingerprint density at radius 1 is 1.23 bits per heavy atom. The molecule has 0 heterocycles. The molecule has 6 nitrogen and oxygen atoms in total. The third kappa shape index (κ3) is 6.58. The predicted octanol–water partition coefficient (Wildman–Crippen LogP) is 2.54. The van der Waals surface area contributed by atoms with E-state index in [1.807, 2.05) is 36.2 Å². The summed E-state index contributed by atoms with van der Waals surface area (Å²) >= 11 is 0. The molecule has 1 amide bonds. The fourth-order valence-corrected chi connectivity index (χ4v) is 3.30. The van der Waals surface area contributed by atoms with Crippen molar-refractivity contribution in [1.29, 1.82) is 0 Å². The van der Waals surface area contributed by atoms with E-state index in [0.29, 0.717) is 19.0 Å². The smallest absolute Gasteiger partial charge is 0.221 e. The number of rotatable bonds is 7. The number of hydrogen-bond acceptors (Lipinski definition) is 3. The number of methoxy groups -OCH3 is 1. The van der Waals surface area contributed by atoms with E-state index in [1.54, 1.807) is 14.2 Å². The van der Waals surface area contributed by atoms with Crippen LogP contribution in [0.5, 0.6) is 5.75 Å². The molecule has 1 fully saturated rings. The van der Waals surface area contributed by atoms with Crippen molar-refractivity contribution >= 4 is 11.9 Å². The molecule has 1 saturated carbocycles. The van der Waals surface area contributed by atoms with Gasteiger partial charge in [0, 0.05) is 39.6 Å². The van der Waals surface area contributed by atoms with Crippen molar-refractivity contribution in [2.75, 3.05) is 27.7 Å². The molecule has 0 aromatic heterocycles. The number of ether oxygens (including phenoxy) is 1. The number of benzene rings is 1. The molecule has 144 valence electrons. The highest BCUT2D eigenvalue weighted by Gasteiger charge is 2.15. The predicted molar refractivity (Wildman–Crippen MR) is 105 cm³/mol. The van der Waals surface area contributed by atoms with Crippen LogP contribution in [0.25, 0.3) is 0 Å². The monoisotopic (exact) mass is 360 g/mol. The first kappa shape index (κ1) is 20.1. The fourth-order valence-electron chi connectivity index (χ4n) is 3.30. The van der Waals surface area contributed by atoms with Gasteiger partial charge in [-0.05, 0) is 30.5 Å². The lowest BCUT2D eigenvalue weighted by molar-refractivity contribution is -0.121. The highest BCUT2D eigenvalue weighted by molar-refractivity contribution is 5.81. The summed E-state index contributed by atoms with van der Waals surface area (Å²) in [6.45, 7) is 1.32. The number of amides is 1. The van der Waals surface area contributed by atoms with Gasteiger partial charge in [0.1, 0.15) is 5.75 Å². The summed E-state index contributed by atoms with van der Waals surface area (Å²) in [6, 6.07) is 8.36. The minimum absolute atomic E-state index is 0.123. The van der Waals surface area contributed by atoms with Gasteiger partial charge < -0.3 is 20.3 Å². The Morgan fingerprint density at radius 3 is 2.54 bits per heavy atom. The first-order valence-corrected chi connectivity index (χ1v) is 9.46. The normalized spacial score (nSPS) is 15.4. The van der Waals surface area contributed by atoms with Gasteiger partial charge in [0.25, 0.3) is 0 Å². The number of carbonyl (C=O) groups is 1. The van der Waals surface area contributed by atoms with Crippen LogP contribution in [0, 0.1) is 0 Å². The van der Waals surface area contributed by atoms with Crippen LogP contribution in [0.4, 0.5) is 0 Å². The number of guanidine groups is 1. The lowest BCUT2D eigenvalue weighted by Crippen LogP contribution is -2.41. The molecule has 1 aromatic rings. The van der Waals surface area contributed by atoms with E-state index in [0.717, 1.165) is 31.1 Å². The van der Waals surface area contributed by atoms with Crippen molar-refractivity contribution in [3.8, 4) is 5.75 Å². The van der Waals surface area contributed by atoms with Gasteiger partial charge in [0.05, 0.1) is 7.11 Å². The minimum atomic E-state index is 0.123. The average Bonchev–Trinajstić information content (AvgIpc) is 2.66. The highest BCUT2D eigenvalue weighted by atomic mass is 16.5. The SMILES string of the molecule is CN=C(NCCC(=O)NC1CCCCC1)N(C)Cc1ccc(OC)cc1. The summed E-state index contributed by atoms with van der Waals surface area (Å²) in [5.41, 5.74) is 1.17. The molecule has 6 heteroatoms.